The van der Waals surface area contributed by atoms with Gasteiger partial charge in [0.05, 0.1) is 13.2 Å². The topological polar surface area (TPSA) is 36.8 Å². The lowest BCUT2D eigenvalue weighted by Gasteiger charge is -2.35. The zero-order chi connectivity index (χ0) is 16.4. The molecule has 0 spiro atoms. The molecule has 2 unspecified atom stereocenters. The van der Waals surface area contributed by atoms with E-state index in [0.717, 1.165) is 32.8 Å². The van der Waals surface area contributed by atoms with Crippen molar-refractivity contribution in [2.45, 2.75) is 19.5 Å². The fraction of sp³-hybridized carbons (Fsp3) is 0.833. The molecule has 4 heterocycles. The lowest BCUT2D eigenvalue weighted by molar-refractivity contribution is 0.111. The second-order valence-corrected chi connectivity index (χ2v) is 7.89. The summed E-state index contributed by atoms with van der Waals surface area (Å²) in [6.45, 7) is 12.4. The molecule has 2 saturated heterocycles. The molecule has 1 aromatic rings. The summed E-state index contributed by atoms with van der Waals surface area (Å²) in [5.74, 6) is 2.62. The molecule has 6 nitrogen and oxygen atoms in total. The molecule has 0 aromatic carbocycles. The van der Waals surface area contributed by atoms with E-state index in [4.69, 9.17) is 4.74 Å². The smallest absolute Gasteiger partial charge is 0.122 e. The van der Waals surface area contributed by atoms with Crippen molar-refractivity contribution in [2.24, 2.45) is 11.8 Å². The number of hydrogen-bond donors (Lipinski definition) is 0. The first kappa shape index (κ1) is 16.5. The van der Waals surface area contributed by atoms with Crippen LogP contribution in [0.1, 0.15) is 12.2 Å². The largest absolute Gasteiger partial charge is 0.381 e. The predicted molar refractivity (Wildman–Crippen MR) is 93.9 cm³/mol. The van der Waals surface area contributed by atoms with E-state index in [1.807, 2.05) is 6.20 Å². The minimum Gasteiger partial charge on any atom is -0.381 e. The minimum absolute atomic E-state index is 0.686. The summed E-state index contributed by atoms with van der Waals surface area (Å²) in [4.78, 5) is 12.3. The van der Waals surface area contributed by atoms with Gasteiger partial charge in [-0.15, -0.1) is 0 Å². The van der Waals surface area contributed by atoms with Crippen LogP contribution >= 0.6 is 0 Å². The molecular formula is C18H31N5O. The van der Waals surface area contributed by atoms with E-state index < -0.39 is 0 Å². The first-order valence-electron chi connectivity index (χ1n) is 9.47. The number of likely N-dealkylation sites (N-methyl/N-ethyl adjacent to an activating group) is 1. The Morgan fingerprint density at radius 2 is 1.92 bits per heavy atom. The maximum atomic E-state index is 5.58. The van der Waals surface area contributed by atoms with Crippen LogP contribution in [0, 0.1) is 11.8 Å². The van der Waals surface area contributed by atoms with Crippen molar-refractivity contribution in [1.29, 1.82) is 0 Å². The van der Waals surface area contributed by atoms with Crippen LogP contribution in [0.2, 0.25) is 0 Å². The van der Waals surface area contributed by atoms with Gasteiger partial charge in [-0.1, -0.05) is 0 Å². The molecule has 2 fully saturated rings. The van der Waals surface area contributed by atoms with Gasteiger partial charge in [-0.2, -0.15) is 0 Å². The lowest BCUT2D eigenvalue weighted by atomic mass is 10.1. The van der Waals surface area contributed by atoms with Gasteiger partial charge >= 0.3 is 0 Å². The Kier molecular flexibility index (Phi) is 5.17. The van der Waals surface area contributed by atoms with Crippen molar-refractivity contribution < 1.29 is 4.74 Å². The van der Waals surface area contributed by atoms with Crippen molar-refractivity contribution in [1.82, 2.24) is 24.3 Å². The Hall–Kier alpha value is -0.950. The molecule has 2 atom stereocenters. The Morgan fingerprint density at radius 1 is 1.08 bits per heavy atom. The number of piperazine rings is 1. The fourth-order valence-corrected chi connectivity index (χ4v) is 4.37. The van der Waals surface area contributed by atoms with Gasteiger partial charge in [0.25, 0.3) is 0 Å². The Morgan fingerprint density at radius 3 is 2.71 bits per heavy atom. The normalized spacial score (nSPS) is 30.4. The Labute approximate surface area is 145 Å². The average Bonchev–Trinajstić information content (AvgIpc) is 3.19. The van der Waals surface area contributed by atoms with E-state index in [1.165, 1.54) is 51.5 Å². The highest BCUT2D eigenvalue weighted by Crippen LogP contribution is 2.21. The molecule has 0 aliphatic carbocycles. The molecular weight excluding hydrogens is 302 g/mol. The van der Waals surface area contributed by atoms with Crippen LogP contribution < -0.4 is 0 Å². The van der Waals surface area contributed by atoms with Gasteiger partial charge in [0.2, 0.25) is 0 Å². The second-order valence-electron chi connectivity index (χ2n) is 7.89. The monoisotopic (exact) mass is 333 g/mol. The number of nitrogens with zero attached hydrogens (tertiary/aromatic N) is 5. The maximum absolute atomic E-state index is 5.58. The molecule has 3 aliphatic rings. The summed E-state index contributed by atoms with van der Waals surface area (Å²) in [7, 11) is 2.23. The highest BCUT2D eigenvalue weighted by Gasteiger charge is 2.27. The van der Waals surface area contributed by atoms with E-state index in [1.54, 1.807) is 0 Å². The summed E-state index contributed by atoms with van der Waals surface area (Å²) < 4.78 is 7.96. The van der Waals surface area contributed by atoms with Gasteiger partial charge in [-0.3, -0.25) is 4.90 Å². The van der Waals surface area contributed by atoms with E-state index in [0.29, 0.717) is 11.8 Å². The van der Waals surface area contributed by atoms with Gasteiger partial charge < -0.3 is 19.1 Å². The number of fused-ring (bicyclic) bond motifs is 1. The number of rotatable bonds is 4. The third-order valence-electron chi connectivity index (χ3n) is 5.79. The molecule has 0 saturated carbocycles. The van der Waals surface area contributed by atoms with E-state index >= 15 is 0 Å². The van der Waals surface area contributed by atoms with Crippen molar-refractivity contribution in [3.05, 3.63) is 18.2 Å². The third kappa shape index (κ3) is 3.99. The van der Waals surface area contributed by atoms with E-state index in [-0.39, 0.29) is 0 Å². The van der Waals surface area contributed by atoms with Gasteiger partial charge in [0, 0.05) is 77.3 Å². The maximum Gasteiger partial charge on any atom is 0.122 e. The zero-order valence-corrected chi connectivity index (χ0v) is 14.9. The lowest BCUT2D eigenvalue weighted by Crippen LogP contribution is -2.47. The van der Waals surface area contributed by atoms with Crippen molar-refractivity contribution in [2.75, 3.05) is 66.1 Å². The summed E-state index contributed by atoms with van der Waals surface area (Å²) in [5, 5.41) is 0. The van der Waals surface area contributed by atoms with Crippen LogP contribution in [0.15, 0.2) is 12.4 Å². The van der Waals surface area contributed by atoms with Crippen molar-refractivity contribution in [3.63, 3.8) is 0 Å². The molecule has 6 heteroatoms. The minimum atomic E-state index is 0.686. The first-order chi connectivity index (χ1) is 11.8. The summed E-state index contributed by atoms with van der Waals surface area (Å²) in [5.41, 5.74) is 0. The van der Waals surface area contributed by atoms with E-state index in [9.17, 15) is 0 Å². The van der Waals surface area contributed by atoms with Crippen molar-refractivity contribution >= 4 is 0 Å². The standard InChI is InChI=1S/C18H31N5O/c1-20-5-7-21(8-6-20)11-17-12-22(10-16-2-9-24-15-16)14-18-19-3-4-23(18)13-17/h3-4,16-17H,2,5-15H2,1H3. The summed E-state index contributed by atoms with van der Waals surface area (Å²) >= 11 is 0. The number of hydrogen-bond acceptors (Lipinski definition) is 5. The van der Waals surface area contributed by atoms with Crippen LogP contribution in [0.5, 0.6) is 0 Å². The van der Waals surface area contributed by atoms with Crippen molar-refractivity contribution in [3.8, 4) is 0 Å². The summed E-state index contributed by atoms with van der Waals surface area (Å²) in [6.07, 6.45) is 5.34. The Balaban J connectivity index is 1.40. The first-order valence-corrected chi connectivity index (χ1v) is 9.47. The molecule has 0 bridgehead atoms. The molecule has 0 radical (unpaired) electrons. The number of imidazole rings is 1. The van der Waals surface area contributed by atoms with Gasteiger partial charge in [0.1, 0.15) is 5.82 Å². The van der Waals surface area contributed by atoms with Gasteiger partial charge in [0.15, 0.2) is 0 Å². The molecule has 134 valence electrons. The number of aromatic nitrogens is 2. The molecule has 3 aliphatic heterocycles. The molecule has 0 N–H and O–H groups in total. The Bertz CT molecular complexity index is 519. The summed E-state index contributed by atoms with van der Waals surface area (Å²) in [6, 6.07) is 0. The van der Waals surface area contributed by atoms with Crippen LogP contribution in [0.4, 0.5) is 0 Å². The highest BCUT2D eigenvalue weighted by atomic mass is 16.5. The molecule has 4 rings (SSSR count). The average molecular weight is 333 g/mol. The van der Waals surface area contributed by atoms with E-state index in [2.05, 4.69) is 37.5 Å². The van der Waals surface area contributed by atoms with Crippen LogP contribution in [-0.2, 0) is 17.8 Å². The van der Waals surface area contributed by atoms with Crippen LogP contribution in [-0.4, -0.2) is 90.3 Å². The molecule has 0 amide bonds. The molecule has 24 heavy (non-hydrogen) atoms. The third-order valence-corrected chi connectivity index (χ3v) is 5.79. The second kappa shape index (κ2) is 7.52. The highest BCUT2D eigenvalue weighted by molar-refractivity contribution is 4.96. The van der Waals surface area contributed by atoms with Crippen LogP contribution in [0.25, 0.3) is 0 Å². The molecule has 1 aromatic heterocycles. The van der Waals surface area contributed by atoms with Gasteiger partial charge in [-0.25, -0.2) is 4.98 Å². The SMILES string of the molecule is CN1CCN(CC2CN(CC3CCOC3)Cc3nccn3C2)CC1. The van der Waals surface area contributed by atoms with Gasteiger partial charge in [-0.05, 0) is 19.4 Å². The number of ether oxygens (including phenoxy) is 1. The predicted octanol–water partition coefficient (Wildman–Crippen LogP) is 0.599. The fourth-order valence-electron chi connectivity index (χ4n) is 4.37. The zero-order valence-electron chi connectivity index (χ0n) is 14.9. The quantitative estimate of drug-likeness (QED) is 0.806. The van der Waals surface area contributed by atoms with Crippen LogP contribution in [0.3, 0.4) is 0 Å².